The van der Waals surface area contributed by atoms with Gasteiger partial charge in [-0.3, -0.25) is 0 Å². The van der Waals surface area contributed by atoms with Gasteiger partial charge in [0.1, 0.15) is 5.75 Å². The summed E-state index contributed by atoms with van der Waals surface area (Å²) >= 11 is 0. The van der Waals surface area contributed by atoms with Crippen LogP contribution in [0.15, 0.2) is 18.2 Å². The van der Waals surface area contributed by atoms with Crippen molar-refractivity contribution in [1.29, 1.82) is 0 Å². The van der Waals surface area contributed by atoms with E-state index in [0.717, 1.165) is 42.6 Å². The maximum absolute atomic E-state index is 12.2. The zero-order chi connectivity index (χ0) is 16.8. The third kappa shape index (κ3) is 4.86. The summed E-state index contributed by atoms with van der Waals surface area (Å²) in [6.07, 6.45) is 3.80. The largest absolute Gasteiger partial charge is 0.496 e. The lowest BCUT2D eigenvalue weighted by atomic mass is 9.86. The fraction of sp³-hybridized carbons (Fsp3) is 0.611. The highest BCUT2D eigenvalue weighted by atomic mass is 16.5. The van der Waals surface area contributed by atoms with Crippen LogP contribution in [0.3, 0.4) is 0 Å². The molecule has 0 bridgehead atoms. The Kier molecular flexibility index (Phi) is 6.28. The van der Waals surface area contributed by atoms with E-state index < -0.39 is 0 Å². The molecule has 5 nitrogen and oxygen atoms in total. The second-order valence-corrected chi connectivity index (χ2v) is 6.46. The van der Waals surface area contributed by atoms with E-state index in [4.69, 9.17) is 4.74 Å². The van der Waals surface area contributed by atoms with Crippen LogP contribution in [0.1, 0.15) is 36.8 Å². The number of urea groups is 1. The van der Waals surface area contributed by atoms with Crippen LogP contribution < -0.4 is 10.1 Å². The quantitative estimate of drug-likeness (QED) is 0.877. The Labute approximate surface area is 138 Å². The van der Waals surface area contributed by atoms with Gasteiger partial charge in [-0.25, -0.2) is 4.79 Å². The molecule has 5 heteroatoms. The van der Waals surface area contributed by atoms with Gasteiger partial charge in [-0.05, 0) is 37.0 Å². The van der Waals surface area contributed by atoms with Crippen molar-refractivity contribution in [3.05, 3.63) is 29.3 Å². The zero-order valence-corrected chi connectivity index (χ0v) is 14.3. The molecule has 0 aromatic heterocycles. The van der Waals surface area contributed by atoms with Gasteiger partial charge in [0, 0.05) is 26.1 Å². The first-order valence-corrected chi connectivity index (χ1v) is 8.31. The van der Waals surface area contributed by atoms with Crippen LogP contribution >= 0.6 is 0 Å². The predicted molar refractivity (Wildman–Crippen MR) is 90.6 cm³/mol. The molecule has 2 atom stereocenters. The van der Waals surface area contributed by atoms with Crippen LogP contribution in [0.5, 0.6) is 5.75 Å². The van der Waals surface area contributed by atoms with Gasteiger partial charge in [0.15, 0.2) is 0 Å². The molecule has 0 radical (unpaired) electrons. The Bertz CT molecular complexity index is 533. The summed E-state index contributed by atoms with van der Waals surface area (Å²) in [6, 6.07) is 5.79. The summed E-state index contributed by atoms with van der Waals surface area (Å²) in [4.78, 5) is 13.9. The Morgan fingerprint density at radius 3 is 2.78 bits per heavy atom. The number of hydrogen-bond donors (Lipinski definition) is 2. The Balaban J connectivity index is 1.82. The van der Waals surface area contributed by atoms with E-state index in [-0.39, 0.29) is 18.1 Å². The lowest BCUT2D eigenvalue weighted by Gasteiger charge is -2.31. The lowest BCUT2D eigenvalue weighted by Crippen LogP contribution is -2.42. The van der Waals surface area contributed by atoms with Crippen LogP contribution in [0.4, 0.5) is 4.79 Å². The van der Waals surface area contributed by atoms with Gasteiger partial charge in [0.2, 0.25) is 0 Å². The van der Waals surface area contributed by atoms with Crippen molar-refractivity contribution in [2.75, 3.05) is 20.7 Å². The van der Waals surface area contributed by atoms with Crippen molar-refractivity contribution in [2.45, 2.75) is 45.3 Å². The number of hydrogen-bond acceptors (Lipinski definition) is 3. The Morgan fingerprint density at radius 2 is 2.13 bits per heavy atom. The number of nitrogens with one attached hydrogen (secondary N) is 1. The number of aliphatic hydroxyl groups is 1. The maximum atomic E-state index is 12.2. The summed E-state index contributed by atoms with van der Waals surface area (Å²) in [5, 5.41) is 12.9. The van der Waals surface area contributed by atoms with Crippen molar-refractivity contribution < 1.29 is 14.6 Å². The molecule has 0 heterocycles. The molecule has 1 aliphatic carbocycles. The monoisotopic (exact) mass is 320 g/mol. The van der Waals surface area contributed by atoms with Gasteiger partial charge in [0.05, 0.1) is 13.2 Å². The minimum absolute atomic E-state index is 0.101. The van der Waals surface area contributed by atoms with Crippen LogP contribution in [-0.2, 0) is 6.54 Å². The predicted octanol–water partition coefficient (Wildman–Crippen LogP) is 2.70. The molecule has 1 aromatic rings. The second kappa shape index (κ2) is 8.20. The molecule has 1 saturated carbocycles. The van der Waals surface area contributed by atoms with E-state index in [9.17, 15) is 9.90 Å². The number of ether oxygens (including phenoxy) is 1. The first-order chi connectivity index (χ1) is 11.0. The molecule has 1 fully saturated rings. The minimum Gasteiger partial charge on any atom is -0.496 e. The molecule has 2 rings (SSSR count). The number of aliphatic hydroxyl groups excluding tert-OH is 1. The molecular weight excluding hydrogens is 292 g/mol. The third-order valence-corrected chi connectivity index (χ3v) is 4.63. The molecule has 1 aliphatic rings. The summed E-state index contributed by atoms with van der Waals surface area (Å²) < 4.78 is 5.24. The number of nitrogens with zero attached hydrogens (tertiary/aromatic N) is 1. The number of rotatable bonds is 5. The molecule has 128 valence electrons. The van der Waals surface area contributed by atoms with Gasteiger partial charge in [-0.2, -0.15) is 0 Å². The first-order valence-electron chi connectivity index (χ1n) is 8.31. The van der Waals surface area contributed by atoms with Gasteiger partial charge < -0.3 is 20.1 Å². The number of carbonyl (C=O) groups excluding carboxylic acids is 1. The SMILES string of the molecule is COc1ccc(CNC(=O)N(C)CC2CCCCC2O)cc1C. The van der Waals surface area contributed by atoms with Gasteiger partial charge in [0.25, 0.3) is 0 Å². The summed E-state index contributed by atoms with van der Waals surface area (Å²) in [7, 11) is 3.44. The molecule has 0 aliphatic heterocycles. The molecule has 2 amide bonds. The molecule has 1 aromatic carbocycles. The van der Waals surface area contributed by atoms with E-state index >= 15 is 0 Å². The molecule has 23 heavy (non-hydrogen) atoms. The Hall–Kier alpha value is -1.75. The van der Waals surface area contributed by atoms with E-state index in [1.54, 1.807) is 19.1 Å². The standard InChI is InChI=1S/C18H28N2O3/c1-13-10-14(8-9-17(13)23-3)11-19-18(22)20(2)12-15-6-4-5-7-16(15)21/h8-10,15-16,21H,4-7,11-12H2,1-3H3,(H,19,22). The van der Waals surface area contributed by atoms with Crippen LogP contribution in [0, 0.1) is 12.8 Å². The van der Waals surface area contributed by atoms with Crippen molar-refractivity contribution in [1.82, 2.24) is 10.2 Å². The lowest BCUT2D eigenvalue weighted by molar-refractivity contribution is 0.0565. The normalized spacial score (nSPS) is 20.9. The highest BCUT2D eigenvalue weighted by molar-refractivity contribution is 5.73. The summed E-state index contributed by atoms with van der Waals surface area (Å²) in [6.45, 7) is 3.08. The average molecular weight is 320 g/mol. The number of amides is 2. The zero-order valence-electron chi connectivity index (χ0n) is 14.3. The number of carbonyl (C=O) groups is 1. The van der Waals surface area contributed by atoms with Crippen LogP contribution in [0.25, 0.3) is 0 Å². The maximum Gasteiger partial charge on any atom is 0.317 e. The minimum atomic E-state index is -0.275. The van der Waals surface area contributed by atoms with Gasteiger partial charge in [-0.15, -0.1) is 0 Å². The van der Waals surface area contributed by atoms with E-state index in [0.29, 0.717) is 13.1 Å². The highest BCUT2D eigenvalue weighted by Crippen LogP contribution is 2.25. The Morgan fingerprint density at radius 1 is 1.39 bits per heavy atom. The fourth-order valence-electron chi connectivity index (χ4n) is 3.20. The van der Waals surface area contributed by atoms with Crippen LogP contribution in [0.2, 0.25) is 0 Å². The van der Waals surface area contributed by atoms with E-state index in [1.165, 1.54) is 0 Å². The fourth-order valence-corrected chi connectivity index (χ4v) is 3.20. The molecule has 0 spiro atoms. The third-order valence-electron chi connectivity index (χ3n) is 4.63. The first kappa shape index (κ1) is 17.6. The number of methoxy groups -OCH3 is 1. The van der Waals surface area contributed by atoms with Crippen molar-refractivity contribution in [3.63, 3.8) is 0 Å². The highest BCUT2D eigenvalue weighted by Gasteiger charge is 2.25. The summed E-state index contributed by atoms with van der Waals surface area (Å²) in [5.41, 5.74) is 2.10. The van der Waals surface area contributed by atoms with Gasteiger partial charge in [-0.1, -0.05) is 25.0 Å². The van der Waals surface area contributed by atoms with Crippen molar-refractivity contribution >= 4 is 6.03 Å². The number of aryl methyl sites for hydroxylation is 1. The van der Waals surface area contributed by atoms with Crippen molar-refractivity contribution in [2.24, 2.45) is 5.92 Å². The van der Waals surface area contributed by atoms with E-state index in [1.807, 2.05) is 25.1 Å². The number of benzene rings is 1. The molecule has 0 saturated heterocycles. The van der Waals surface area contributed by atoms with Crippen LogP contribution in [-0.4, -0.2) is 42.8 Å². The average Bonchev–Trinajstić information content (AvgIpc) is 2.54. The molecule has 2 unspecified atom stereocenters. The molecular formula is C18H28N2O3. The van der Waals surface area contributed by atoms with Gasteiger partial charge >= 0.3 is 6.03 Å². The summed E-state index contributed by atoms with van der Waals surface area (Å²) in [5.74, 6) is 1.05. The van der Waals surface area contributed by atoms with E-state index in [2.05, 4.69) is 5.32 Å². The smallest absolute Gasteiger partial charge is 0.317 e. The molecule has 2 N–H and O–H groups in total. The second-order valence-electron chi connectivity index (χ2n) is 6.46. The topological polar surface area (TPSA) is 61.8 Å². The van der Waals surface area contributed by atoms with Crippen molar-refractivity contribution in [3.8, 4) is 5.75 Å².